The quantitative estimate of drug-likeness (QED) is 0.845. The zero-order valence-corrected chi connectivity index (χ0v) is 11.7. The molecule has 4 heteroatoms. The van der Waals surface area contributed by atoms with Crippen LogP contribution in [0.25, 0.3) is 0 Å². The Bertz CT molecular complexity index is 445. The average molecular weight is 263 g/mol. The third-order valence-corrected chi connectivity index (χ3v) is 3.48. The van der Waals surface area contributed by atoms with Gasteiger partial charge >= 0.3 is 5.97 Å². The Labute approximate surface area is 114 Å². The smallest absolute Gasteiger partial charge is 0.323 e. The van der Waals surface area contributed by atoms with Crippen molar-refractivity contribution in [2.75, 3.05) is 13.7 Å². The predicted octanol–water partition coefficient (Wildman–Crippen LogP) is 2.05. The second kappa shape index (κ2) is 6.17. The van der Waals surface area contributed by atoms with Crippen molar-refractivity contribution in [1.29, 1.82) is 0 Å². The summed E-state index contributed by atoms with van der Waals surface area (Å²) in [5.74, 6) is -0.0559. The van der Waals surface area contributed by atoms with Crippen LogP contribution in [-0.2, 0) is 20.9 Å². The number of methoxy groups -OCH3 is 1. The van der Waals surface area contributed by atoms with Crippen molar-refractivity contribution in [2.24, 2.45) is 5.92 Å². The van der Waals surface area contributed by atoms with Gasteiger partial charge in [0.2, 0.25) is 0 Å². The molecule has 1 heterocycles. The van der Waals surface area contributed by atoms with Crippen LogP contribution in [-0.4, -0.2) is 25.7 Å². The molecule has 2 atom stereocenters. The van der Waals surface area contributed by atoms with E-state index in [1.54, 1.807) is 0 Å². The maximum atomic E-state index is 11.8. The molecule has 1 aromatic rings. The molecule has 0 aliphatic carbocycles. The zero-order valence-electron chi connectivity index (χ0n) is 11.7. The standard InChI is InChI=1S/C15H21NO3/c1-10(2)14(15(17)18-3)16-13-9-19-8-11-6-4-5-7-12(11)13/h4-7,10,13-14,16H,8-9H2,1-3H3. The van der Waals surface area contributed by atoms with Crippen LogP contribution in [0.4, 0.5) is 0 Å². The van der Waals surface area contributed by atoms with E-state index in [4.69, 9.17) is 9.47 Å². The van der Waals surface area contributed by atoms with Crippen LogP contribution in [0.1, 0.15) is 31.0 Å². The second-order valence-corrected chi connectivity index (χ2v) is 5.18. The van der Waals surface area contributed by atoms with Crippen LogP contribution < -0.4 is 5.32 Å². The Hall–Kier alpha value is -1.39. The van der Waals surface area contributed by atoms with Gasteiger partial charge in [0.1, 0.15) is 6.04 Å². The lowest BCUT2D eigenvalue weighted by Crippen LogP contribution is -2.45. The van der Waals surface area contributed by atoms with E-state index in [0.29, 0.717) is 13.2 Å². The summed E-state index contributed by atoms with van der Waals surface area (Å²) >= 11 is 0. The van der Waals surface area contributed by atoms with Gasteiger partial charge in [-0.15, -0.1) is 0 Å². The molecule has 1 aliphatic rings. The first-order valence-electron chi connectivity index (χ1n) is 6.63. The fraction of sp³-hybridized carbons (Fsp3) is 0.533. The van der Waals surface area contributed by atoms with Gasteiger partial charge in [-0.2, -0.15) is 0 Å². The number of rotatable bonds is 4. The number of ether oxygens (including phenoxy) is 2. The molecule has 2 unspecified atom stereocenters. The van der Waals surface area contributed by atoms with E-state index in [1.165, 1.54) is 18.2 Å². The van der Waals surface area contributed by atoms with Gasteiger partial charge in [-0.1, -0.05) is 38.1 Å². The van der Waals surface area contributed by atoms with E-state index in [0.717, 1.165) is 0 Å². The van der Waals surface area contributed by atoms with Gasteiger partial charge < -0.3 is 9.47 Å². The van der Waals surface area contributed by atoms with Crippen molar-refractivity contribution in [3.8, 4) is 0 Å². The molecule has 0 amide bonds. The van der Waals surface area contributed by atoms with Crippen LogP contribution in [0.2, 0.25) is 0 Å². The van der Waals surface area contributed by atoms with E-state index in [2.05, 4.69) is 17.4 Å². The van der Waals surface area contributed by atoms with Crippen molar-refractivity contribution >= 4 is 5.97 Å². The molecule has 0 radical (unpaired) electrons. The number of carbonyl (C=O) groups is 1. The molecule has 0 saturated carbocycles. The molecule has 0 saturated heterocycles. The van der Waals surface area contributed by atoms with Crippen LogP contribution in [0.3, 0.4) is 0 Å². The molecule has 0 aromatic heterocycles. The van der Waals surface area contributed by atoms with Crippen LogP contribution in [0.15, 0.2) is 24.3 Å². The number of hydrogen-bond acceptors (Lipinski definition) is 4. The summed E-state index contributed by atoms with van der Waals surface area (Å²) in [5.41, 5.74) is 2.39. The van der Waals surface area contributed by atoms with E-state index >= 15 is 0 Å². The molecule has 0 spiro atoms. The summed E-state index contributed by atoms with van der Waals surface area (Å²) in [4.78, 5) is 11.8. The lowest BCUT2D eigenvalue weighted by atomic mass is 9.96. The zero-order chi connectivity index (χ0) is 13.8. The number of fused-ring (bicyclic) bond motifs is 1. The monoisotopic (exact) mass is 263 g/mol. The molecule has 2 rings (SSSR count). The lowest BCUT2D eigenvalue weighted by molar-refractivity contribution is -0.144. The van der Waals surface area contributed by atoms with Gasteiger partial charge in [0.25, 0.3) is 0 Å². The third-order valence-electron chi connectivity index (χ3n) is 3.48. The van der Waals surface area contributed by atoms with Crippen LogP contribution in [0.5, 0.6) is 0 Å². The average Bonchev–Trinajstić information content (AvgIpc) is 2.43. The minimum atomic E-state index is -0.315. The van der Waals surface area contributed by atoms with E-state index in [1.807, 2.05) is 26.0 Å². The highest BCUT2D eigenvalue weighted by Crippen LogP contribution is 2.25. The lowest BCUT2D eigenvalue weighted by Gasteiger charge is -2.31. The van der Waals surface area contributed by atoms with Crippen molar-refractivity contribution in [2.45, 2.75) is 32.5 Å². The normalized spacial score (nSPS) is 19.9. The van der Waals surface area contributed by atoms with Crippen LogP contribution in [0, 0.1) is 5.92 Å². The first-order chi connectivity index (χ1) is 9.13. The maximum Gasteiger partial charge on any atom is 0.323 e. The van der Waals surface area contributed by atoms with Gasteiger partial charge in [0.05, 0.1) is 26.4 Å². The number of esters is 1. The highest BCUT2D eigenvalue weighted by Gasteiger charge is 2.29. The first-order valence-corrected chi connectivity index (χ1v) is 6.63. The number of nitrogens with one attached hydrogen (secondary N) is 1. The molecule has 1 aliphatic heterocycles. The topological polar surface area (TPSA) is 47.6 Å². The van der Waals surface area contributed by atoms with E-state index < -0.39 is 0 Å². The Morgan fingerprint density at radius 2 is 2.16 bits per heavy atom. The Kier molecular flexibility index (Phi) is 4.56. The molecule has 0 fully saturated rings. The van der Waals surface area contributed by atoms with Crippen molar-refractivity contribution in [3.63, 3.8) is 0 Å². The van der Waals surface area contributed by atoms with E-state index in [-0.39, 0.29) is 24.0 Å². The Balaban J connectivity index is 2.17. The number of benzene rings is 1. The summed E-state index contributed by atoms with van der Waals surface area (Å²) in [6.07, 6.45) is 0. The molecule has 0 bridgehead atoms. The Morgan fingerprint density at radius 3 is 2.84 bits per heavy atom. The minimum absolute atomic E-state index is 0.0384. The molecular weight excluding hydrogens is 242 g/mol. The van der Waals surface area contributed by atoms with Gasteiger partial charge in [-0.05, 0) is 17.0 Å². The van der Waals surface area contributed by atoms with Crippen molar-refractivity contribution < 1.29 is 14.3 Å². The highest BCUT2D eigenvalue weighted by molar-refractivity contribution is 5.76. The van der Waals surface area contributed by atoms with Gasteiger partial charge in [-0.3, -0.25) is 10.1 Å². The molecule has 4 nitrogen and oxygen atoms in total. The second-order valence-electron chi connectivity index (χ2n) is 5.18. The first kappa shape index (κ1) is 14.0. The largest absolute Gasteiger partial charge is 0.468 e. The third kappa shape index (κ3) is 3.14. The summed E-state index contributed by atoms with van der Waals surface area (Å²) in [6.45, 7) is 5.23. The molecule has 1 aromatic carbocycles. The SMILES string of the molecule is COC(=O)C(NC1COCc2ccccc21)C(C)C. The molecular formula is C15H21NO3. The van der Waals surface area contributed by atoms with Gasteiger partial charge in [0.15, 0.2) is 0 Å². The number of hydrogen-bond donors (Lipinski definition) is 1. The predicted molar refractivity (Wildman–Crippen MR) is 72.6 cm³/mol. The summed E-state index contributed by atoms with van der Waals surface area (Å²) in [6, 6.07) is 7.89. The fourth-order valence-electron chi connectivity index (χ4n) is 2.40. The molecule has 19 heavy (non-hydrogen) atoms. The summed E-state index contributed by atoms with van der Waals surface area (Å²) in [5, 5.41) is 3.36. The van der Waals surface area contributed by atoms with E-state index in [9.17, 15) is 4.79 Å². The van der Waals surface area contributed by atoms with Gasteiger partial charge in [-0.25, -0.2) is 0 Å². The van der Waals surface area contributed by atoms with Gasteiger partial charge in [0, 0.05) is 0 Å². The summed E-state index contributed by atoms with van der Waals surface area (Å²) < 4.78 is 10.4. The Morgan fingerprint density at radius 1 is 1.42 bits per heavy atom. The van der Waals surface area contributed by atoms with Crippen molar-refractivity contribution in [1.82, 2.24) is 5.32 Å². The number of carbonyl (C=O) groups excluding carboxylic acids is 1. The minimum Gasteiger partial charge on any atom is -0.468 e. The maximum absolute atomic E-state index is 11.8. The van der Waals surface area contributed by atoms with Crippen LogP contribution >= 0.6 is 0 Å². The molecule has 104 valence electrons. The summed E-state index contributed by atoms with van der Waals surface area (Å²) in [7, 11) is 1.42. The van der Waals surface area contributed by atoms with Crippen molar-refractivity contribution in [3.05, 3.63) is 35.4 Å². The fourth-order valence-corrected chi connectivity index (χ4v) is 2.40. The molecule has 1 N–H and O–H groups in total. The highest BCUT2D eigenvalue weighted by atomic mass is 16.5.